The molecular weight excluding hydrogens is 344 g/mol. The fourth-order valence-corrected chi connectivity index (χ4v) is 4.04. The van der Waals surface area contributed by atoms with Crippen LogP contribution >= 0.6 is 0 Å². The van der Waals surface area contributed by atoms with Gasteiger partial charge in [0, 0.05) is 26.7 Å². The van der Waals surface area contributed by atoms with Gasteiger partial charge in [-0.2, -0.15) is 4.31 Å². The Balaban J connectivity index is 1.89. The van der Waals surface area contributed by atoms with E-state index in [1.54, 1.807) is 19.2 Å². The summed E-state index contributed by atoms with van der Waals surface area (Å²) >= 11 is 0. The van der Waals surface area contributed by atoms with Crippen molar-refractivity contribution in [1.82, 2.24) is 9.62 Å². The first kappa shape index (κ1) is 19.7. The minimum atomic E-state index is -3.46. The van der Waals surface area contributed by atoms with Crippen molar-refractivity contribution < 1.29 is 22.7 Å². The summed E-state index contributed by atoms with van der Waals surface area (Å²) < 4.78 is 37.0. The number of methoxy groups -OCH3 is 1. The molecule has 0 unspecified atom stereocenters. The number of carbonyl (C=O) groups excluding carboxylic acids is 1. The van der Waals surface area contributed by atoms with Crippen molar-refractivity contribution in [2.45, 2.75) is 24.7 Å². The molecule has 0 radical (unpaired) electrons. The highest BCUT2D eigenvalue weighted by atomic mass is 32.2. The highest BCUT2D eigenvalue weighted by Crippen LogP contribution is 2.24. The van der Waals surface area contributed by atoms with E-state index in [0.29, 0.717) is 37.9 Å². The van der Waals surface area contributed by atoms with Crippen LogP contribution in [0.4, 0.5) is 0 Å². The maximum Gasteiger partial charge on any atom is 0.258 e. The standard InChI is InChI=1S/C17H26N2O5S/c1-14-7-10-19(11-8-14)25(21,22)16-5-3-15(4-6-16)24-13-17(20)18-9-12-23-2/h3-6,14H,7-13H2,1-2H3,(H,18,20). The molecule has 1 heterocycles. The van der Waals surface area contributed by atoms with Crippen LogP contribution in [0.1, 0.15) is 19.8 Å². The van der Waals surface area contributed by atoms with Gasteiger partial charge in [0.1, 0.15) is 5.75 Å². The SMILES string of the molecule is COCCNC(=O)COc1ccc(S(=O)(=O)N2CCC(C)CC2)cc1. The summed E-state index contributed by atoms with van der Waals surface area (Å²) in [5.74, 6) is 0.765. The number of sulfonamides is 1. The van der Waals surface area contributed by atoms with Crippen molar-refractivity contribution in [3.63, 3.8) is 0 Å². The van der Waals surface area contributed by atoms with Gasteiger partial charge in [-0.1, -0.05) is 6.92 Å². The van der Waals surface area contributed by atoms with Gasteiger partial charge >= 0.3 is 0 Å². The zero-order chi connectivity index (χ0) is 18.3. The van der Waals surface area contributed by atoms with E-state index in [-0.39, 0.29) is 17.4 Å². The molecule has 1 aromatic carbocycles. The van der Waals surface area contributed by atoms with Crippen LogP contribution in [0.2, 0.25) is 0 Å². The number of ether oxygens (including phenoxy) is 2. The van der Waals surface area contributed by atoms with Crippen molar-refractivity contribution in [3.8, 4) is 5.75 Å². The molecule has 1 saturated heterocycles. The van der Waals surface area contributed by atoms with Crippen LogP contribution in [0.3, 0.4) is 0 Å². The summed E-state index contributed by atoms with van der Waals surface area (Å²) in [5.41, 5.74) is 0. The minimum absolute atomic E-state index is 0.125. The zero-order valence-corrected chi connectivity index (χ0v) is 15.5. The van der Waals surface area contributed by atoms with Crippen LogP contribution in [-0.4, -0.2) is 58.6 Å². The second-order valence-electron chi connectivity index (χ2n) is 6.19. The normalized spacial score (nSPS) is 16.6. The fourth-order valence-electron chi connectivity index (χ4n) is 2.57. The fraction of sp³-hybridized carbons (Fsp3) is 0.588. The summed E-state index contributed by atoms with van der Waals surface area (Å²) in [4.78, 5) is 11.8. The Kier molecular flexibility index (Phi) is 7.22. The predicted molar refractivity (Wildman–Crippen MR) is 94.0 cm³/mol. The van der Waals surface area contributed by atoms with E-state index in [2.05, 4.69) is 12.2 Å². The molecule has 1 aromatic rings. The van der Waals surface area contributed by atoms with E-state index < -0.39 is 10.0 Å². The number of benzene rings is 1. The molecule has 0 bridgehead atoms. The lowest BCUT2D eigenvalue weighted by Gasteiger charge is -2.29. The van der Waals surface area contributed by atoms with Gasteiger partial charge in [-0.25, -0.2) is 8.42 Å². The average molecular weight is 370 g/mol. The molecule has 0 spiro atoms. The molecule has 140 valence electrons. The number of nitrogens with zero attached hydrogens (tertiary/aromatic N) is 1. The van der Waals surface area contributed by atoms with Crippen molar-refractivity contribution in [1.29, 1.82) is 0 Å². The molecule has 25 heavy (non-hydrogen) atoms. The molecule has 1 aliphatic rings. The molecule has 0 aliphatic carbocycles. The Hall–Kier alpha value is -1.64. The van der Waals surface area contributed by atoms with Crippen LogP contribution in [0.5, 0.6) is 5.75 Å². The topological polar surface area (TPSA) is 84.9 Å². The number of hydrogen-bond donors (Lipinski definition) is 1. The summed E-state index contributed by atoms with van der Waals surface area (Å²) in [5, 5.41) is 2.64. The van der Waals surface area contributed by atoms with Gasteiger partial charge in [0.15, 0.2) is 6.61 Å². The molecule has 0 saturated carbocycles. The van der Waals surface area contributed by atoms with Gasteiger partial charge in [0.2, 0.25) is 10.0 Å². The molecule has 1 amide bonds. The predicted octanol–water partition coefficient (Wildman–Crippen LogP) is 1.25. The number of amides is 1. The zero-order valence-electron chi connectivity index (χ0n) is 14.7. The minimum Gasteiger partial charge on any atom is -0.484 e. The Bertz CT molecular complexity index is 652. The second-order valence-corrected chi connectivity index (χ2v) is 8.13. The monoisotopic (exact) mass is 370 g/mol. The second kappa shape index (κ2) is 9.17. The van der Waals surface area contributed by atoms with Gasteiger partial charge < -0.3 is 14.8 Å². The molecule has 1 N–H and O–H groups in total. The van der Waals surface area contributed by atoms with E-state index in [0.717, 1.165) is 12.8 Å². The maximum atomic E-state index is 12.6. The molecular formula is C17H26N2O5S. The van der Waals surface area contributed by atoms with Crippen LogP contribution in [0.15, 0.2) is 29.2 Å². The molecule has 0 atom stereocenters. The van der Waals surface area contributed by atoms with Crippen molar-refractivity contribution in [2.75, 3.05) is 40.0 Å². The number of hydrogen-bond acceptors (Lipinski definition) is 5. The quantitative estimate of drug-likeness (QED) is 0.696. The molecule has 0 aromatic heterocycles. The average Bonchev–Trinajstić information content (AvgIpc) is 2.61. The molecule has 2 rings (SSSR count). The lowest BCUT2D eigenvalue weighted by atomic mass is 10.0. The van der Waals surface area contributed by atoms with Gasteiger partial charge in [-0.05, 0) is 43.0 Å². The lowest BCUT2D eigenvalue weighted by molar-refractivity contribution is -0.123. The van der Waals surface area contributed by atoms with Gasteiger partial charge in [-0.15, -0.1) is 0 Å². The Labute approximate surface area is 149 Å². The van der Waals surface area contributed by atoms with E-state index >= 15 is 0 Å². The Morgan fingerprint density at radius 3 is 2.48 bits per heavy atom. The largest absolute Gasteiger partial charge is 0.484 e. The van der Waals surface area contributed by atoms with E-state index in [1.165, 1.54) is 16.4 Å². The van der Waals surface area contributed by atoms with Crippen LogP contribution in [0.25, 0.3) is 0 Å². The highest BCUT2D eigenvalue weighted by molar-refractivity contribution is 7.89. The molecule has 7 nitrogen and oxygen atoms in total. The van der Waals surface area contributed by atoms with Gasteiger partial charge in [-0.3, -0.25) is 4.79 Å². The number of rotatable bonds is 8. The van der Waals surface area contributed by atoms with E-state index in [1.807, 2.05) is 0 Å². The van der Waals surface area contributed by atoms with Crippen LogP contribution in [-0.2, 0) is 19.6 Å². The number of carbonyl (C=O) groups is 1. The summed E-state index contributed by atoms with van der Waals surface area (Å²) in [7, 11) is -1.91. The summed E-state index contributed by atoms with van der Waals surface area (Å²) in [6, 6.07) is 6.18. The first-order valence-electron chi connectivity index (χ1n) is 8.42. The van der Waals surface area contributed by atoms with Crippen LogP contribution in [0, 0.1) is 5.92 Å². The number of nitrogens with one attached hydrogen (secondary N) is 1. The third-order valence-corrected chi connectivity index (χ3v) is 6.12. The van der Waals surface area contributed by atoms with E-state index in [9.17, 15) is 13.2 Å². The van der Waals surface area contributed by atoms with Crippen molar-refractivity contribution >= 4 is 15.9 Å². The maximum absolute atomic E-state index is 12.6. The lowest BCUT2D eigenvalue weighted by Crippen LogP contribution is -2.37. The smallest absolute Gasteiger partial charge is 0.258 e. The van der Waals surface area contributed by atoms with Gasteiger partial charge in [0.05, 0.1) is 11.5 Å². The highest BCUT2D eigenvalue weighted by Gasteiger charge is 2.27. The van der Waals surface area contributed by atoms with Crippen molar-refractivity contribution in [2.24, 2.45) is 5.92 Å². The molecule has 8 heteroatoms. The first-order valence-corrected chi connectivity index (χ1v) is 9.86. The third-order valence-electron chi connectivity index (χ3n) is 4.20. The third kappa shape index (κ3) is 5.69. The molecule has 1 fully saturated rings. The Morgan fingerprint density at radius 2 is 1.88 bits per heavy atom. The summed E-state index contributed by atoms with van der Waals surface area (Å²) in [6.07, 6.45) is 1.78. The van der Waals surface area contributed by atoms with Crippen LogP contribution < -0.4 is 10.1 Å². The molecule has 1 aliphatic heterocycles. The van der Waals surface area contributed by atoms with Gasteiger partial charge in [0.25, 0.3) is 5.91 Å². The van der Waals surface area contributed by atoms with E-state index in [4.69, 9.17) is 9.47 Å². The summed E-state index contributed by atoms with van der Waals surface area (Å²) in [6.45, 7) is 3.99. The first-order chi connectivity index (χ1) is 11.9. The number of piperidine rings is 1. The van der Waals surface area contributed by atoms with Crippen molar-refractivity contribution in [3.05, 3.63) is 24.3 Å². The Morgan fingerprint density at radius 1 is 1.24 bits per heavy atom.